The third-order valence-electron chi connectivity index (χ3n) is 12.5. The van der Waals surface area contributed by atoms with E-state index in [2.05, 4.69) is 10.6 Å². The third kappa shape index (κ3) is 12.2. The number of amides is 2. The number of carboxylic acid groups (broad SMARTS) is 2. The highest BCUT2D eigenvalue weighted by Gasteiger charge is 2.29. The van der Waals surface area contributed by atoms with Crippen LogP contribution in [0, 0.1) is 18.8 Å². The molecule has 0 bridgehead atoms. The van der Waals surface area contributed by atoms with E-state index in [0.717, 1.165) is 38.9 Å². The lowest BCUT2D eigenvalue weighted by Gasteiger charge is -2.25. The van der Waals surface area contributed by atoms with Crippen LogP contribution < -0.4 is 21.8 Å². The first-order chi connectivity index (χ1) is 33.6. The van der Waals surface area contributed by atoms with Crippen LogP contribution in [0.15, 0.2) is 156 Å². The second-order valence-corrected chi connectivity index (χ2v) is 18.8. The summed E-state index contributed by atoms with van der Waals surface area (Å²) in [6, 6.07) is 37.1. The van der Waals surface area contributed by atoms with E-state index >= 15 is 0 Å². The minimum absolute atomic E-state index is 0.000383. The van der Waals surface area contributed by atoms with Crippen molar-refractivity contribution in [1.82, 2.24) is 24.8 Å². The number of aryl methyl sites for hydroxylation is 1. The molecule has 0 radical (unpaired) electrons. The van der Waals surface area contributed by atoms with E-state index in [0.29, 0.717) is 41.3 Å². The first-order valence-corrected chi connectivity index (χ1v) is 23.6. The minimum atomic E-state index is -1.09. The molecular weight excluding hydrogens is 883 g/mol. The van der Waals surface area contributed by atoms with E-state index in [1.807, 2.05) is 132 Å². The lowest BCUT2D eigenvalue weighted by molar-refractivity contribution is -0.139. The zero-order valence-electron chi connectivity index (χ0n) is 40.0. The van der Waals surface area contributed by atoms with Gasteiger partial charge in [0.1, 0.15) is 12.1 Å². The first kappa shape index (κ1) is 50.0. The fourth-order valence-electron chi connectivity index (χ4n) is 9.11. The van der Waals surface area contributed by atoms with Gasteiger partial charge in [-0.15, -0.1) is 0 Å². The fraction of sp³-hybridized carbons (Fsp3) is 0.281. The number of hydrogen-bond donors (Lipinski definition) is 4. The molecule has 70 heavy (non-hydrogen) atoms. The second-order valence-electron chi connectivity index (χ2n) is 18.8. The predicted octanol–water partition coefficient (Wildman–Crippen LogP) is 9.63. The van der Waals surface area contributed by atoms with Crippen LogP contribution in [-0.2, 0) is 25.6 Å². The molecule has 2 heterocycles. The Morgan fingerprint density at radius 1 is 0.600 bits per heavy atom. The fourth-order valence-corrected chi connectivity index (χ4v) is 9.11. The maximum absolute atomic E-state index is 14.3. The maximum Gasteiger partial charge on any atom is 0.305 e. The SMILES string of the molecule is Cc1ccccc1-c1cccc([C@H](CC(=O)O)NC(=O)[C@H](CC(C)C)n2cnc3cc(Cc4ccccc4-c4cccc([C@H](CC(=O)O)NC(=O)[C@H](CC(C)C)n5ccccc5=O)c4)ccc3c2=O)c1. The van der Waals surface area contributed by atoms with Crippen LogP contribution in [0.5, 0.6) is 0 Å². The molecule has 2 amide bonds. The second kappa shape index (κ2) is 22.5. The minimum Gasteiger partial charge on any atom is -0.481 e. The molecule has 7 aromatic rings. The molecule has 0 saturated carbocycles. The van der Waals surface area contributed by atoms with E-state index < -0.39 is 53.5 Å². The number of fused-ring (bicyclic) bond motifs is 1. The molecule has 13 heteroatoms. The van der Waals surface area contributed by atoms with Gasteiger partial charge in [-0.2, -0.15) is 0 Å². The smallest absolute Gasteiger partial charge is 0.305 e. The maximum atomic E-state index is 14.3. The molecule has 4 N–H and O–H groups in total. The molecule has 2 aromatic heterocycles. The highest BCUT2D eigenvalue weighted by Crippen LogP contribution is 2.32. The number of pyridine rings is 1. The normalized spacial score (nSPS) is 13.1. The number of nitrogens with zero attached hydrogens (tertiary/aromatic N) is 3. The molecular formula is C57H59N5O8. The first-order valence-electron chi connectivity index (χ1n) is 23.6. The summed E-state index contributed by atoms with van der Waals surface area (Å²) in [5.41, 5.74) is 7.38. The molecule has 0 unspecified atom stereocenters. The van der Waals surface area contributed by atoms with Gasteiger partial charge in [0, 0.05) is 12.3 Å². The van der Waals surface area contributed by atoms with E-state index in [1.165, 1.54) is 21.5 Å². The van der Waals surface area contributed by atoms with Gasteiger partial charge in [-0.1, -0.05) is 125 Å². The molecule has 7 rings (SSSR count). The van der Waals surface area contributed by atoms with Gasteiger partial charge in [0.2, 0.25) is 11.8 Å². The summed E-state index contributed by atoms with van der Waals surface area (Å²) in [7, 11) is 0. The molecule has 0 spiro atoms. The molecule has 5 aromatic carbocycles. The van der Waals surface area contributed by atoms with E-state index in [4.69, 9.17) is 4.98 Å². The van der Waals surface area contributed by atoms with Gasteiger partial charge >= 0.3 is 11.9 Å². The van der Waals surface area contributed by atoms with Crippen molar-refractivity contribution >= 4 is 34.7 Å². The average molecular weight is 942 g/mol. The van der Waals surface area contributed by atoms with Gasteiger partial charge in [0.25, 0.3) is 11.1 Å². The average Bonchev–Trinajstić information content (AvgIpc) is 3.32. The number of hydrogen-bond acceptors (Lipinski definition) is 7. The van der Waals surface area contributed by atoms with Crippen molar-refractivity contribution in [2.45, 2.75) is 90.9 Å². The standard InChI is InChI=1S/C57H59N5O8/c1-35(2)26-50(61-25-11-10-22-52(61)63)55(68)59-48(33-54(66)67)43-19-13-17-41(31-43)45-21-9-7-15-39(45)28-38-23-24-46-49(29-38)58-34-62(57(46)70)51(27-36(3)4)56(69)60-47(32-53(64)65)42-18-12-16-40(30-42)44-20-8-6-14-37(44)5/h6-25,29-31,34-36,47-48,50-51H,26-28,32-33H2,1-5H3,(H,59,68)(H,60,69)(H,64,65)(H,66,67)/t47-,48-,50-,51-/m0/s1. The summed E-state index contributed by atoms with van der Waals surface area (Å²) in [6.45, 7) is 9.82. The number of aromatic nitrogens is 3. The van der Waals surface area contributed by atoms with Crippen LogP contribution in [0.4, 0.5) is 0 Å². The molecule has 0 aliphatic heterocycles. The summed E-state index contributed by atoms with van der Waals surface area (Å²) in [5, 5.41) is 26.1. The summed E-state index contributed by atoms with van der Waals surface area (Å²) < 4.78 is 2.73. The van der Waals surface area contributed by atoms with Crippen LogP contribution in [0.2, 0.25) is 0 Å². The Hall–Kier alpha value is -7.93. The van der Waals surface area contributed by atoms with Crippen molar-refractivity contribution in [3.63, 3.8) is 0 Å². The summed E-state index contributed by atoms with van der Waals surface area (Å²) in [4.78, 5) is 84.3. The Morgan fingerprint density at radius 3 is 1.71 bits per heavy atom. The van der Waals surface area contributed by atoms with Crippen LogP contribution in [0.25, 0.3) is 33.2 Å². The molecule has 360 valence electrons. The summed E-state index contributed by atoms with van der Waals surface area (Å²) in [5.74, 6) is -3.04. The van der Waals surface area contributed by atoms with E-state index in [-0.39, 0.29) is 30.2 Å². The molecule has 4 atom stereocenters. The van der Waals surface area contributed by atoms with Gasteiger partial charge in [-0.3, -0.25) is 33.3 Å². The summed E-state index contributed by atoms with van der Waals surface area (Å²) >= 11 is 0. The number of benzene rings is 5. The zero-order chi connectivity index (χ0) is 50.1. The Balaban J connectivity index is 1.14. The zero-order valence-corrected chi connectivity index (χ0v) is 40.0. The summed E-state index contributed by atoms with van der Waals surface area (Å²) in [6.07, 6.45) is 3.35. The molecule has 0 fully saturated rings. The van der Waals surface area contributed by atoms with Gasteiger partial charge in [0.05, 0.1) is 42.2 Å². The highest BCUT2D eigenvalue weighted by atomic mass is 16.4. The van der Waals surface area contributed by atoms with Crippen LogP contribution in [0.1, 0.15) is 105 Å². The van der Waals surface area contributed by atoms with Crippen molar-refractivity contribution in [3.8, 4) is 22.3 Å². The third-order valence-corrected chi connectivity index (χ3v) is 12.5. The highest BCUT2D eigenvalue weighted by molar-refractivity contribution is 5.84. The quantitative estimate of drug-likeness (QED) is 0.0577. The number of aliphatic carboxylic acids is 2. The number of rotatable bonds is 20. The lowest BCUT2D eigenvalue weighted by atomic mass is 9.92. The molecule has 13 nitrogen and oxygen atoms in total. The number of carboxylic acids is 2. The Morgan fingerprint density at radius 2 is 1.14 bits per heavy atom. The Kier molecular flexibility index (Phi) is 16.0. The van der Waals surface area contributed by atoms with Crippen LogP contribution in [0.3, 0.4) is 0 Å². The van der Waals surface area contributed by atoms with Crippen molar-refractivity contribution in [3.05, 3.63) is 195 Å². The van der Waals surface area contributed by atoms with Gasteiger partial charge in [0.15, 0.2) is 0 Å². The molecule has 0 saturated heterocycles. The van der Waals surface area contributed by atoms with Crippen LogP contribution in [-0.4, -0.2) is 48.1 Å². The van der Waals surface area contributed by atoms with Gasteiger partial charge in [-0.25, -0.2) is 4.98 Å². The Labute approximate surface area is 406 Å². The molecule has 0 aliphatic rings. The monoisotopic (exact) mass is 941 g/mol. The number of carbonyl (C=O) groups excluding carboxylic acids is 2. The topological polar surface area (TPSA) is 190 Å². The van der Waals surface area contributed by atoms with E-state index in [9.17, 15) is 39.0 Å². The largest absolute Gasteiger partial charge is 0.481 e. The van der Waals surface area contributed by atoms with Gasteiger partial charge in [-0.05, 0) is 118 Å². The Bertz CT molecular complexity index is 3160. The van der Waals surface area contributed by atoms with Crippen molar-refractivity contribution in [2.24, 2.45) is 11.8 Å². The van der Waals surface area contributed by atoms with E-state index in [1.54, 1.807) is 36.5 Å². The van der Waals surface area contributed by atoms with Crippen LogP contribution >= 0.6 is 0 Å². The van der Waals surface area contributed by atoms with Crippen molar-refractivity contribution in [2.75, 3.05) is 0 Å². The number of nitrogens with one attached hydrogen (secondary N) is 2. The predicted molar refractivity (Wildman–Crippen MR) is 271 cm³/mol. The van der Waals surface area contributed by atoms with Gasteiger partial charge < -0.3 is 25.4 Å². The van der Waals surface area contributed by atoms with Crippen molar-refractivity contribution < 1.29 is 29.4 Å². The molecule has 0 aliphatic carbocycles. The van der Waals surface area contributed by atoms with Crippen molar-refractivity contribution in [1.29, 1.82) is 0 Å². The lowest BCUT2D eigenvalue weighted by Crippen LogP contribution is -2.40. The number of carbonyl (C=O) groups is 4.